The van der Waals surface area contributed by atoms with Crippen LogP contribution >= 0.6 is 11.3 Å². The summed E-state index contributed by atoms with van der Waals surface area (Å²) in [4.78, 5) is 22.5. The molecule has 2 aliphatic heterocycles. The monoisotopic (exact) mass is 449 g/mol. The number of aromatic nitrogens is 1. The van der Waals surface area contributed by atoms with E-state index in [1.54, 1.807) is 24.6 Å². The molecule has 2 atom stereocenters. The van der Waals surface area contributed by atoms with Gasteiger partial charge in [0.15, 0.2) is 5.60 Å². The Morgan fingerprint density at radius 1 is 1.22 bits per heavy atom. The highest BCUT2D eigenvalue weighted by Gasteiger charge is 2.56. The van der Waals surface area contributed by atoms with Crippen molar-refractivity contribution in [3.05, 3.63) is 82.3 Å². The second kappa shape index (κ2) is 9.02. The quantitative estimate of drug-likeness (QED) is 0.576. The molecule has 7 heteroatoms. The smallest absolute Gasteiger partial charge is 0.257 e. The van der Waals surface area contributed by atoms with Crippen molar-refractivity contribution in [2.45, 2.75) is 24.6 Å². The van der Waals surface area contributed by atoms with Gasteiger partial charge in [0.05, 0.1) is 13.7 Å². The third-order valence-corrected chi connectivity index (χ3v) is 7.14. The highest BCUT2D eigenvalue weighted by Crippen LogP contribution is 2.42. The van der Waals surface area contributed by atoms with Gasteiger partial charge in [0.25, 0.3) is 5.91 Å². The Hall–Kier alpha value is -2.74. The zero-order chi connectivity index (χ0) is 22.0. The lowest BCUT2D eigenvalue weighted by atomic mass is 9.83. The average Bonchev–Trinajstić information content (AvgIpc) is 3.46. The fourth-order valence-corrected chi connectivity index (χ4v) is 5.56. The van der Waals surface area contributed by atoms with Gasteiger partial charge in [-0.2, -0.15) is 11.3 Å². The molecular weight excluding hydrogens is 422 g/mol. The second-order valence-corrected chi connectivity index (χ2v) is 9.24. The number of hydrogen-bond donors (Lipinski definition) is 0. The first-order valence-corrected chi connectivity index (χ1v) is 11.8. The van der Waals surface area contributed by atoms with Crippen molar-refractivity contribution in [2.75, 3.05) is 33.4 Å². The summed E-state index contributed by atoms with van der Waals surface area (Å²) in [6.07, 6.45) is 3.64. The number of carbonyl (C=O) groups is 1. The van der Waals surface area contributed by atoms with Crippen molar-refractivity contribution >= 4 is 17.2 Å². The van der Waals surface area contributed by atoms with Crippen LogP contribution in [0.1, 0.15) is 22.6 Å². The van der Waals surface area contributed by atoms with Crippen LogP contribution in [0.2, 0.25) is 0 Å². The Kier molecular flexibility index (Phi) is 5.95. The van der Waals surface area contributed by atoms with Crippen molar-refractivity contribution in [1.29, 1.82) is 0 Å². The predicted octanol–water partition coefficient (Wildman–Crippen LogP) is 3.55. The molecule has 1 spiro atoms. The van der Waals surface area contributed by atoms with E-state index >= 15 is 0 Å². The summed E-state index contributed by atoms with van der Waals surface area (Å²) in [6.45, 7) is 3.81. The number of ether oxygens (including phenoxy) is 2. The minimum Gasteiger partial charge on any atom is -0.497 e. The average molecular weight is 450 g/mol. The van der Waals surface area contributed by atoms with Crippen LogP contribution in [-0.4, -0.2) is 59.6 Å². The van der Waals surface area contributed by atoms with Gasteiger partial charge >= 0.3 is 0 Å². The summed E-state index contributed by atoms with van der Waals surface area (Å²) in [6, 6.07) is 14.2. The van der Waals surface area contributed by atoms with Gasteiger partial charge in [-0.3, -0.25) is 14.7 Å². The third kappa shape index (κ3) is 4.03. The van der Waals surface area contributed by atoms with Crippen LogP contribution in [0.15, 0.2) is 65.6 Å². The number of rotatable bonds is 6. The van der Waals surface area contributed by atoms with Crippen LogP contribution in [0.4, 0.5) is 0 Å². The molecule has 166 valence electrons. The van der Waals surface area contributed by atoms with E-state index in [0.29, 0.717) is 26.2 Å². The van der Waals surface area contributed by atoms with Crippen molar-refractivity contribution < 1.29 is 14.3 Å². The number of thiophene rings is 1. The molecule has 32 heavy (non-hydrogen) atoms. The molecule has 2 aliphatic rings. The Morgan fingerprint density at radius 2 is 2.16 bits per heavy atom. The number of amides is 1. The molecule has 4 heterocycles. The molecule has 0 N–H and O–H groups in total. The molecule has 0 saturated carbocycles. The van der Waals surface area contributed by atoms with E-state index < -0.39 is 5.60 Å². The molecule has 0 aliphatic carbocycles. The minimum absolute atomic E-state index is 0.0698. The summed E-state index contributed by atoms with van der Waals surface area (Å²) in [5.41, 5.74) is 2.48. The van der Waals surface area contributed by atoms with Crippen molar-refractivity contribution in [3.8, 4) is 5.75 Å². The second-order valence-electron chi connectivity index (χ2n) is 8.46. The first-order chi connectivity index (χ1) is 15.7. The van der Waals surface area contributed by atoms with E-state index in [4.69, 9.17) is 9.47 Å². The summed E-state index contributed by atoms with van der Waals surface area (Å²) in [7, 11) is 1.68. The maximum absolute atomic E-state index is 13.9. The van der Waals surface area contributed by atoms with Crippen LogP contribution < -0.4 is 4.74 Å². The summed E-state index contributed by atoms with van der Waals surface area (Å²) >= 11 is 1.66. The molecule has 1 amide bonds. The number of methoxy groups -OCH3 is 1. The van der Waals surface area contributed by atoms with Gasteiger partial charge in [0.2, 0.25) is 0 Å². The summed E-state index contributed by atoms with van der Waals surface area (Å²) in [5, 5.41) is 4.16. The molecular formula is C25H27N3O3S. The fourth-order valence-electron chi connectivity index (χ4n) is 4.90. The number of morpholine rings is 1. The lowest BCUT2D eigenvalue weighted by Gasteiger charge is -2.42. The van der Waals surface area contributed by atoms with Crippen LogP contribution in [0.5, 0.6) is 5.75 Å². The van der Waals surface area contributed by atoms with E-state index in [1.807, 2.05) is 29.3 Å². The number of benzene rings is 1. The van der Waals surface area contributed by atoms with E-state index in [2.05, 4.69) is 44.9 Å². The number of hydrogen-bond acceptors (Lipinski definition) is 6. The Balaban J connectivity index is 1.44. The van der Waals surface area contributed by atoms with E-state index in [1.165, 1.54) is 5.56 Å². The van der Waals surface area contributed by atoms with E-state index in [0.717, 1.165) is 30.0 Å². The van der Waals surface area contributed by atoms with Crippen molar-refractivity contribution in [3.63, 3.8) is 0 Å². The Labute approximate surface area is 192 Å². The highest BCUT2D eigenvalue weighted by molar-refractivity contribution is 7.07. The lowest BCUT2D eigenvalue weighted by Crippen LogP contribution is -2.59. The molecule has 3 aromatic rings. The summed E-state index contributed by atoms with van der Waals surface area (Å²) in [5.74, 6) is 0.851. The van der Waals surface area contributed by atoms with Gasteiger partial charge in [-0.1, -0.05) is 18.2 Å². The SMILES string of the molecule is COc1cccc(CN2C[C@H](c3cccnc3)[C@@]3(C2)OCCN(Cc2ccsc2)C3=O)c1. The molecule has 2 fully saturated rings. The number of nitrogens with zero attached hydrogens (tertiary/aromatic N) is 3. The molecule has 1 aromatic carbocycles. The predicted molar refractivity (Wildman–Crippen MR) is 124 cm³/mol. The maximum atomic E-state index is 13.9. The number of likely N-dealkylation sites (tertiary alicyclic amines) is 1. The van der Waals surface area contributed by atoms with Crippen LogP contribution in [0, 0.1) is 0 Å². The standard InChI is InChI=1S/C25H27N3O3S/c1-30-22-6-2-4-19(12-22)14-27-16-23(21-5-3-8-26-13-21)25(18-27)24(29)28(9-10-31-25)15-20-7-11-32-17-20/h2-8,11-13,17,23H,9-10,14-16,18H2,1H3/t23-,25-/m1/s1. The van der Waals surface area contributed by atoms with Gasteiger partial charge in [0, 0.05) is 51.0 Å². The highest BCUT2D eigenvalue weighted by atomic mass is 32.1. The summed E-state index contributed by atoms with van der Waals surface area (Å²) < 4.78 is 11.8. The molecule has 2 aromatic heterocycles. The number of pyridine rings is 1. The van der Waals surface area contributed by atoms with Crippen molar-refractivity contribution in [2.24, 2.45) is 0 Å². The Morgan fingerprint density at radius 3 is 2.94 bits per heavy atom. The molecule has 0 unspecified atom stereocenters. The normalized spacial score (nSPS) is 23.7. The van der Waals surface area contributed by atoms with E-state index in [9.17, 15) is 4.79 Å². The first kappa shape index (κ1) is 21.1. The molecule has 5 rings (SSSR count). The van der Waals surface area contributed by atoms with Crippen molar-refractivity contribution in [1.82, 2.24) is 14.8 Å². The zero-order valence-corrected chi connectivity index (χ0v) is 19.0. The molecule has 2 saturated heterocycles. The van der Waals surface area contributed by atoms with Gasteiger partial charge in [0.1, 0.15) is 5.75 Å². The number of carbonyl (C=O) groups excluding carboxylic acids is 1. The topological polar surface area (TPSA) is 54.9 Å². The van der Waals surface area contributed by atoms with Gasteiger partial charge < -0.3 is 14.4 Å². The third-order valence-electron chi connectivity index (χ3n) is 6.41. The minimum atomic E-state index is -0.893. The van der Waals surface area contributed by atoms with Crippen LogP contribution in [-0.2, 0) is 22.6 Å². The molecule has 0 radical (unpaired) electrons. The molecule has 0 bridgehead atoms. The van der Waals surface area contributed by atoms with Crippen LogP contribution in [0.3, 0.4) is 0 Å². The zero-order valence-electron chi connectivity index (χ0n) is 18.1. The fraction of sp³-hybridized carbons (Fsp3) is 0.360. The Bertz CT molecular complexity index is 1060. The van der Waals surface area contributed by atoms with E-state index in [-0.39, 0.29) is 11.8 Å². The first-order valence-electron chi connectivity index (χ1n) is 10.9. The van der Waals surface area contributed by atoms with Crippen LogP contribution in [0.25, 0.3) is 0 Å². The largest absolute Gasteiger partial charge is 0.497 e. The maximum Gasteiger partial charge on any atom is 0.257 e. The molecule has 6 nitrogen and oxygen atoms in total. The van der Waals surface area contributed by atoms with Gasteiger partial charge in [-0.05, 0) is 51.7 Å². The lowest BCUT2D eigenvalue weighted by molar-refractivity contribution is -0.173. The van der Waals surface area contributed by atoms with Gasteiger partial charge in [-0.25, -0.2) is 0 Å². The van der Waals surface area contributed by atoms with Gasteiger partial charge in [-0.15, -0.1) is 0 Å².